The number of halogens is 2. The molecule has 0 saturated carbocycles. The van der Waals surface area contributed by atoms with E-state index >= 15 is 0 Å². The van der Waals surface area contributed by atoms with E-state index in [0.717, 1.165) is 0 Å². The Hall–Kier alpha value is -1.15. The molecule has 1 aromatic rings. The number of hydrogen-bond donors (Lipinski definition) is 0. The minimum atomic E-state index is -0.495. The van der Waals surface area contributed by atoms with Gasteiger partial charge in [0.05, 0.1) is 5.92 Å². The maximum atomic E-state index is 12.9. The minimum Gasteiger partial charge on any atom is -0.281 e. The molecule has 0 heterocycles. The lowest BCUT2D eigenvalue weighted by atomic mass is 9.97. The number of carbonyl (C=O) groups is 1. The van der Waals surface area contributed by atoms with Crippen molar-refractivity contribution in [1.29, 1.82) is 0 Å². The van der Waals surface area contributed by atoms with E-state index in [1.54, 1.807) is 18.2 Å². The van der Waals surface area contributed by atoms with Gasteiger partial charge in [-0.1, -0.05) is 18.2 Å². The van der Waals surface area contributed by atoms with Crippen LogP contribution in [0.3, 0.4) is 0 Å². The SMILES string of the molecule is C=CCC(C(=O)Cl)c1cccc(F)c1. The minimum absolute atomic E-state index is 0.366. The zero-order valence-corrected chi connectivity index (χ0v) is 8.30. The predicted octanol–water partition coefficient (Wildman–Crippen LogP) is 3.25. The Bertz CT molecular complexity index is 349. The summed E-state index contributed by atoms with van der Waals surface area (Å²) in [6.07, 6.45) is 2.02. The summed E-state index contributed by atoms with van der Waals surface area (Å²) in [6, 6.07) is 5.87. The Morgan fingerprint density at radius 3 is 2.86 bits per heavy atom. The maximum absolute atomic E-state index is 12.9. The van der Waals surface area contributed by atoms with Crippen LogP contribution in [0.4, 0.5) is 4.39 Å². The second-order valence-corrected chi connectivity index (χ2v) is 3.31. The summed E-state index contributed by atoms with van der Waals surface area (Å²) in [6.45, 7) is 3.53. The van der Waals surface area contributed by atoms with Gasteiger partial charge in [0.15, 0.2) is 0 Å². The van der Waals surface area contributed by atoms with Gasteiger partial charge in [-0.2, -0.15) is 0 Å². The van der Waals surface area contributed by atoms with Crippen molar-refractivity contribution < 1.29 is 9.18 Å². The van der Waals surface area contributed by atoms with Gasteiger partial charge < -0.3 is 0 Å². The fraction of sp³-hybridized carbons (Fsp3) is 0.182. The molecule has 14 heavy (non-hydrogen) atoms. The molecule has 0 amide bonds. The van der Waals surface area contributed by atoms with Crippen LogP contribution in [0.1, 0.15) is 17.9 Å². The molecule has 0 aliphatic carbocycles. The normalized spacial score (nSPS) is 12.1. The first-order valence-electron chi connectivity index (χ1n) is 4.21. The van der Waals surface area contributed by atoms with Crippen LogP contribution in [0, 0.1) is 5.82 Å². The molecule has 1 atom stereocenters. The largest absolute Gasteiger partial charge is 0.281 e. The Morgan fingerprint density at radius 1 is 1.64 bits per heavy atom. The van der Waals surface area contributed by atoms with Crippen LogP contribution in [0.25, 0.3) is 0 Å². The summed E-state index contributed by atoms with van der Waals surface area (Å²) in [7, 11) is 0. The Balaban J connectivity index is 2.98. The lowest BCUT2D eigenvalue weighted by Crippen LogP contribution is -2.05. The molecule has 0 aliphatic heterocycles. The van der Waals surface area contributed by atoms with Crippen molar-refractivity contribution in [3.05, 3.63) is 48.3 Å². The fourth-order valence-electron chi connectivity index (χ4n) is 1.25. The van der Waals surface area contributed by atoms with Crippen molar-refractivity contribution in [2.75, 3.05) is 0 Å². The van der Waals surface area contributed by atoms with E-state index in [9.17, 15) is 9.18 Å². The topological polar surface area (TPSA) is 17.1 Å². The van der Waals surface area contributed by atoms with E-state index in [1.807, 2.05) is 0 Å². The molecule has 0 aliphatic rings. The average molecular weight is 213 g/mol. The van der Waals surface area contributed by atoms with Crippen LogP contribution >= 0.6 is 11.6 Å². The Labute approximate surface area is 87.2 Å². The number of allylic oxidation sites excluding steroid dienone is 1. The molecule has 0 saturated heterocycles. The standard InChI is InChI=1S/C11H10ClFO/c1-2-4-10(11(12)14)8-5-3-6-9(13)7-8/h2-3,5-7,10H,1,4H2. The van der Waals surface area contributed by atoms with Crippen LogP contribution in [0.15, 0.2) is 36.9 Å². The lowest BCUT2D eigenvalue weighted by Gasteiger charge is -2.09. The van der Waals surface area contributed by atoms with Crippen LogP contribution in [0.2, 0.25) is 0 Å². The molecule has 0 spiro atoms. The summed E-state index contributed by atoms with van der Waals surface area (Å²) in [4.78, 5) is 11.0. The first-order chi connectivity index (χ1) is 6.65. The summed E-state index contributed by atoms with van der Waals surface area (Å²) in [5.74, 6) is -0.862. The summed E-state index contributed by atoms with van der Waals surface area (Å²) >= 11 is 5.40. The first-order valence-corrected chi connectivity index (χ1v) is 4.58. The van der Waals surface area contributed by atoms with Gasteiger partial charge in [-0.25, -0.2) is 4.39 Å². The second-order valence-electron chi connectivity index (χ2n) is 2.94. The number of benzene rings is 1. The van der Waals surface area contributed by atoms with Gasteiger partial charge in [0, 0.05) is 0 Å². The van der Waals surface area contributed by atoms with Gasteiger partial charge >= 0.3 is 0 Å². The molecule has 1 rings (SSSR count). The molecule has 0 aromatic heterocycles. The van der Waals surface area contributed by atoms with E-state index in [2.05, 4.69) is 6.58 Å². The van der Waals surface area contributed by atoms with Gasteiger partial charge in [0.25, 0.3) is 0 Å². The third-order valence-corrected chi connectivity index (χ3v) is 2.19. The van der Waals surface area contributed by atoms with Crippen molar-refractivity contribution >= 4 is 16.8 Å². The highest BCUT2D eigenvalue weighted by molar-refractivity contribution is 6.64. The highest BCUT2D eigenvalue weighted by Gasteiger charge is 2.17. The zero-order chi connectivity index (χ0) is 10.6. The average Bonchev–Trinajstić information content (AvgIpc) is 2.13. The molecule has 1 aromatic carbocycles. The molecule has 1 nitrogen and oxygen atoms in total. The molecule has 0 bridgehead atoms. The van der Waals surface area contributed by atoms with Crippen LogP contribution in [-0.4, -0.2) is 5.24 Å². The van der Waals surface area contributed by atoms with Crippen molar-refractivity contribution in [3.8, 4) is 0 Å². The molecule has 0 N–H and O–H groups in total. The molecular weight excluding hydrogens is 203 g/mol. The fourth-order valence-corrected chi connectivity index (χ4v) is 1.46. The highest BCUT2D eigenvalue weighted by Crippen LogP contribution is 2.23. The second kappa shape index (κ2) is 4.91. The summed E-state index contributed by atoms with van der Waals surface area (Å²) in [5, 5.41) is -0.490. The number of carbonyl (C=O) groups excluding carboxylic acids is 1. The van der Waals surface area contributed by atoms with Gasteiger partial charge in [-0.3, -0.25) is 4.79 Å². The molecule has 0 fully saturated rings. The van der Waals surface area contributed by atoms with E-state index in [0.29, 0.717) is 12.0 Å². The Kier molecular flexibility index (Phi) is 3.84. The van der Waals surface area contributed by atoms with Gasteiger partial charge in [0.2, 0.25) is 5.24 Å². The summed E-state index contributed by atoms with van der Waals surface area (Å²) in [5.41, 5.74) is 0.588. The quantitative estimate of drug-likeness (QED) is 0.553. The van der Waals surface area contributed by atoms with Crippen molar-refractivity contribution in [1.82, 2.24) is 0 Å². The molecular formula is C11H10ClFO. The van der Waals surface area contributed by atoms with Gasteiger partial charge in [-0.05, 0) is 35.7 Å². The van der Waals surface area contributed by atoms with Gasteiger partial charge in [0.1, 0.15) is 5.82 Å². The molecule has 0 radical (unpaired) electrons. The Morgan fingerprint density at radius 2 is 2.36 bits per heavy atom. The van der Waals surface area contributed by atoms with E-state index in [1.165, 1.54) is 12.1 Å². The van der Waals surface area contributed by atoms with E-state index in [4.69, 9.17) is 11.6 Å². The zero-order valence-electron chi connectivity index (χ0n) is 7.54. The number of rotatable bonds is 4. The van der Waals surface area contributed by atoms with E-state index < -0.39 is 11.2 Å². The van der Waals surface area contributed by atoms with Crippen molar-refractivity contribution in [2.24, 2.45) is 0 Å². The smallest absolute Gasteiger partial charge is 0.229 e. The number of hydrogen-bond acceptors (Lipinski definition) is 1. The van der Waals surface area contributed by atoms with Gasteiger partial charge in [-0.15, -0.1) is 6.58 Å². The lowest BCUT2D eigenvalue weighted by molar-refractivity contribution is -0.112. The highest BCUT2D eigenvalue weighted by atomic mass is 35.5. The molecule has 74 valence electrons. The van der Waals surface area contributed by atoms with Crippen molar-refractivity contribution in [2.45, 2.75) is 12.3 Å². The third-order valence-electron chi connectivity index (χ3n) is 1.93. The van der Waals surface area contributed by atoms with Crippen molar-refractivity contribution in [3.63, 3.8) is 0 Å². The predicted molar refractivity (Wildman–Crippen MR) is 54.8 cm³/mol. The molecule has 3 heteroatoms. The molecule has 1 unspecified atom stereocenters. The summed E-state index contributed by atoms with van der Waals surface area (Å²) < 4.78 is 12.9. The van der Waals surface area contributed by atoms with E-state index in [-0.39, 0.29) is 5.82 Å². The monoisotopic (exact) mass is 212 g/mol. The van der Waals surface area contributed by atoms with Crippen LogP contribution < -0.4 is 0 Å². The van der Waals surface area contributed by atoms with Crippen LogP contribution in [-0.2, 0) is 4.79 Å². The third kappa shape index (κ3) is 2.67. The maximum Gasteiger partial charge on any atom is 0.229 e. The first kappa shape index (κ1) is 10.9. The van der Waals surface area contributed by atoms with Crippen LogP contribution in [0.5, 0.6) is 0 Å².